The Morgan fingerprint density at radius 3 is 2.62 bits per heavy atom. The summed E-state index contributed by atoms with van der Waals surface area (Å²) in [5.74, 6) is -0.593. The van der Waals surface area contributed by atoms with Gasteiger partial charge in [-0.25, -0.2) is 4.79 Å². The molecule has 6 heteroatoms. The Balaban J connectivity index is 2.15. The fourth-order valence-corrected chi connectivity index (χ4v) is 2.17. The summed E-state index contributed by atoms with van der Waals surface area (Å²) in [5.41, 5.74) is 7.53. The van der Waals surface area contributed by atoms with Gasteiger partial charge in [-0.15, -0.1) is 0 Å². The molecule has 0 bridgehead atoms. The minimum absolute atomic E-state index is 0.00216. The molecule has 0 fully saturated rings. The Morgan fingerprint density at radius 2 is 1.95 bits per heavy atom. The zero-order valence-electron chi connectivity index (χ0n) is 11.1. The van der Waals surface area contributed by atoms with Gasteiger partial charge in [0.15, 0.2) is 5.84 Å². The van der Waals surface area contributed by atoms with Crippen molar-refractivity contribution in [3.63, 3.8) is 0 Å². The number of hydrogen-bond donors (Lipinski definition) is 1. The van der Waals surface area contributed by atoms with Crippen LogP contribution in [-0.4, -0.2) is 11.8 Å². The van der Waals surface area contributed by atoms with Crippen molar-refractivity contribution in [2.24, 2.45) is 10.9 Å². The number of halogens is 2. The fraction of sp³-hybridized carbons (Fsp3) is 0.0667. The molecule has 2 N–H and O–H groups in total. The summed E-state index contributed by atoms with van der Waals surface area (Å²) in [6.07, 6.45) is 0. The Morgan fingerprint density at radius 1 is 1.19 bits per heavy atom. The van der Waals surface area contributed by atoms with Crippen molar-refractivity contribution in [3.8, 4) is 0 Å². The summed E-state index contributed by atoms with van der Waals surface area (Å²) in [5, 5.41) is 4.42. The van der Waals surface area contributed by atoms with E-state index in [-0.39, 0.29) is 5.84 Å². The highest BCUT2D eigenvalue weighted by Gasteiger charge is 2.10. The molecule has 0 saturated carbocycles. The van der Waals surface area contributed by atoms with Crippen LogP contribution in [0.2, 0.25) is 10.0 Å². The predicted octanol–water partition coefficient (Wildman–Crippen LogP) is 3.78. The number of aryl methyl sites for hydroxylation is 1. The second kappa shape index (κ2) is 6.61. The smallest absolute Gasteiger partial charge is 0.365 e. The zero-order valence-corrected chi connectivity index (χ0v) is 12.7. The van der Waals surface area contributed by atoms with Crippen molar-refractivity contribution < 1.29 is 9.63 Å². The molecular weight excluding hydrogens is 311 g/mol. The Bertz CT molecular complexity index is 715. The lowest BCUT2D eigenvalue weighted by Crippen LogP contribution is -2.15. The Labute approximate surface area is 132 Å². The first-order chi connectivity index (χ1) is 9.97. The molecule has 0 unspecified atom stereocenters. The zero-order chi connectivity index (χ0) is 15.4. The van der Waals surface area contributed by atoms with E-state index in [0.29, 0.717) is 21.2 Å². The minimum Gasteiger partial charge on any atom is -0.380 e. The molecule has 0 aliphatic rings. The average Bonchev–Trinajstić information content (AvgIpc) is 2.44. The molecule has 0 spiro atoms. The maximum Gasteiger partial charge on any atom is 0.365 e. The molecule has 21 heavy (non-hydrogen) atoms. The standard InChI is InChI=1S/C15H12Cl2N2O2/c1-9-3-2-4-10(7-9)15(20)21-19-14(18)12-6-5-11(16)8-13(12)17/h2-8H,1H3,(H2,18,19). The van der Waals surface area contributed by atoms with E-state index < -0.39 is 5.97 Å². The molecule has 0 atom stereocenters. The van der Waals surface area contributed by atoms with Crippen molar-refractivity contribution in [1.29, 1.82) is 0 Å². The average molecular weight is 323 g/mol. The van der Waals surface area contributed by atoms with E-state index in [1.54, 1.807) is 30.3 Å². The van der Waals surface area contributed by atoms with Gasteiger partial charge < -0.3 is 10.6 Å². The molecule has 0 aliphatic carbocycles. The third-order valence-corrected chi connectivity index (χ3v) is 3.24. The van der Waals surface area contributed by atoms with Crippen LogP contribution in [0.5, 0.6) is 0 Å². The van der Waals surface area contributed by atoms with Gasteiger partial charge in [0.25, 0.3) is 0 Å². The van der Waals surface area contributed by atoms with Gasteiger partial charge in [0.05, 0.1) is 10.6 Å². The number of oxime groups is 1. The molecule has 2 aromatic carbocycles. The van der Waals surface area contributed by atoms with Gasteiger partial charge in [-0.3, -0.25) is 0 Å². The first kappa shape index (κ1) is 15.4. The summed E-state index contributed by atoms with van der Waals surface area (Å²) < 4.78 is 0. The molecule has 0 aliphatic heterocycles. The molecule has 108 valence electrons. The lowest BCUT2D eigenvalue weighted by Gasteiger charge is -2.04. The van der Waals surface area contributed by atoms with E-state index in [4.69, 9.17) is 33.8 Å². The molecule has 0 amide bonds. The number of hydrogen-bond acceptors (Lipinski definition) is 3. The van der Waals surface area contributed by atoms with E-state index in [9.17, 15) is 4.79 Å². The van der Waals surface area contributed by atoms with Gasteiger partial charge in [-0.2, -0.15) is 0 Å². The van der Waals surface area contributed by atoms with E-state index in [1.807, 2.05) is 13.0 Å². The highest BCUT2D eigenvalue weighted by Crippen LogP contribution is 2.20. The molecule has 0 saturated heterocycles. The van der Waals surface area contributed by atoms with Crippen LogP contribution in [0, 0.1) is 6.92 Å². The van der Waals surface area contributed by atoms with Crippen molar-refractivity contribution in [2.75, 3.05) is 0 Å². The van der Waals surface area contributed by atoms with E-state index >= 15 is 0 Å². The third kappa shape index (κ3) is 3.97. The van der Waals surface area contributed by atoms with Crippen LogP contribution in [0.4, 0.5) is 0 Å². The van der Waals surface area contributed by atoms with Crippen LogP contribution in [-0.2, 0) is 4.84 Å². The van der Waals surface area contributed by atoms with Gasteiger partial charge >= 0.3 is 5.97 Å². The topological polar surface area (TPSA) is 64.7 Å². The van der Waals surface area contributed by atoms with Gasteiger partial charge in [0, 0.05) is 10.6 Å². The van der Waals surface area contributed by atoms with Crippen molar-refractivity contribution in [1.82, 2.24) is 0 Å². The lowest BCUT2D eigenvalue weighted by atomic mass is 10.1. The molecule has 2 rings (SSSR count). The quantitative estimate of drug-likeness (QED) is 0.405. The summed E-state index contributed by atoms with van der Waals surface area (Å²) in [6, 6.07) is 11.7. The maximum atomic E-state index is 11.8. The number of nitrogens with zero attached hydrogens (tertiary/aromatic N) is 1. The number of nitrogens with two attached hydrogens (primary N) is 1. The number of carbonyl (C=O) groups is 1. The number of rotatable bonds is 3. The van der Waals surface area contributed by atoms with Crippen molar-refractivity contribution >= 4 is 35.0 Å². The monoisotopic (exact) mass is 322 g/mol. The summed E-state index contributed by atoms with van der Waals surface area (Å²) in [7, 11) is 0. The van der Waals surface area contributed by atoms with Gasteiger partial charge in [-0.05, 0) is 37.3 Å². The maximum absolute atomic E-state index is 11.8. The molecule has 0 heterocycles. The summed E-state index contributed by atoms with van der Waals surface area (Å²) >= 11 is 11.8. The normalized spacial score (nSPS) is 11.3. The van der Waals surface area contributed by atoms with Crippen LogP contribution >= 0.6 is 23.2 Å². The predicted molar refractivity (Wildman–Crippen MR) is 83.8 cm³/mol. The number of benzene rings is 2. The lowest BCUT2D eigenvalue weighted by molar-refractivity contribution is 0.0516. The molecule has 2 aromatic rings. The Kier molecular flexibility index (Phi) is 4.83. The van der Waals surface area contributed by atoms with Crippen LogP contribution in [0.25, 0.3) is 0 Å². The first-order valence-corrected chi connectivity index (χ1v) is 6.80. The third-order valence-electron chi connectivity index (χ3n) is 2.69. The largest absolute Gasteiger partial charge is 0.380 e. The van der Waals surface area contributed by atoms with Crippen LogP contribution in [0.1, 0.15) is 21.5 Å². The second-order valence-corrected chi connectivity index (χ2v) is 5.19. The highest BCUT2D eigenvalue weighted by molar-refractivity contribution is 6.36. The minimum atomic E-state index is -0.591. The molecule has 0 radical (unpaired) electrons. The van der Waals surface area contributed by atoms with Gasteiger partial charge in [-0.1, -0.05) is 46.1 Å². The summed E-state index contributed by atoms with van der Waals surface area (Å²) in [6.45, 7) is 1.88. The summed E-state index contributed by atoms with van der Waals surface area (Å²) in [4.78, 5) is 16.6. The van der Waals surface area contributed by atoms with Crippen molar-refractivity contribution in [3.05, 3.63) is 69.2 Å². The van der Waals surface area contributed by atoms with Crippen LogP contribution < -0.4 is 5.73 Å². The molecular formula is C15H12Cl2N2O2. The van der Waals surface area contributed by atoms with E-state index in [0.717, 1.165) is 5.56 Å². The van der Waals surface area contributed by atoms with Gasteiger partial charge in [0.1, 0.15) is 0 Å². The van der Waals surface area contributed by atoms with Gasteiger partial charge in [0.2, 0.25) is 0 Å². The highest BCUT2D eigenvalue weighted by atomic mass is 35.5. The fourth-order valence-electron chi connectivity index (χ4n) is 1.66. The number of amidine groups is 1. The van der Waals surface area contributed by atoms with Crippen LogP contribution in [0.3, 0.4) is 0 Å². The van der Waals surface area contributed by atoms with E-state index in [2.05, 4.69) is 5.16 Å². The van der Waals surface area contributed by atoms with Crippen LogP contribution in [0.15, 0.2) is 47.6 Å². The molecule has 4 nitrogen and oxygen atoms in total. The number of carbonyl (C=O) groups excluding carboxylic acids is 1. The van der Waals surface area contributed by atoms with E-state index in [1.165, 1.54) is 6.07 Å². The first-order valence-electron chi connectivity index (χ1n) is 6.04. The van der Waals surface area contributed by atoms with Crippen molar-refractivity contribution in [2.45, 2.75) is 6.92 Å². The SMILES string of the molecule is Cc1cccc(C(=O)O/N=C(\N)c2ccc(Cl)cc2Cl)c1. The molecule has 0 aromatic heterocycles. The Hall–Kier alpha value is -2.04. The second-order valence-electron chi connectivity index (χ2n) is 4.35.